The molecular weight excluding hydrogens is 140 g/mol. The minimum atomic E-state index is -0.276. The summed E-state index contributed by atoms with van der Waals surface area (Å²) in [5.41, 5.74) is 0.00810. The first kappa shape index (κ1) is 7.17. The van der Waals surface area contributed by atoms with Gasteiger partial charge in [0.1, 0.15) is 5.60 Å². The zero-order valence-corrected chi connectivity index (χ0v) is 6.62. The quantitative estimate of drug-likeness (QED) is 0.574. The van der Waals surface area contributed by atoms with E-state index in [0.717, 1.165) is 19.3 Å². The average molecular weight is 154 g/mol. The highest BCUT2D eigenvalue weighted by Crippen LogP contribution is 2.39. The van der Waals surface area contributed by atoms with Gasteiger partial charge in [-0.3, -0.25) is 0 Å². The topological polar surface area (TPSA) is 29.5 Å². The van der Waals surface area contributed by atoms with E-state index in [1.54, 1.807) is 12.3 Å². The van der Waals surface area contributed by atoms with E-state index in [4.69, 9.17) is 4.74 Å². The van der Waals surface area contributed by atoms with Gasteiger partial charge in [0, 0.05) is 6.42 Å². The lowest BCUT2D eigenvalue weighted by Gasteiger charge is -2.32. The molecule has 1 spiro atoms. The molecule has 1 aliphatic carbocycles. The van der Waals surface area contributed by atoms with E-state index >= 15 is 0 Å². The van der Waals surface area contributed by atoms with Crippen LogP contribution in [-0.2, 0) is 4.74 Å². The van der Waals surface area contributed by atoms with E-state index in [0.29, 0.717) is 0 Å². The van der Waals surface area contributed by atoms with E-state index in [9.17, 15) is 5.11 Å². The Morgan fingerprint density at radius 2 is 2.09 bits per heavy atom. The van der Waals surface area contributed by atoms with Gasteiger partial charge < -0.3 is 9.84 Å². The van der Waals surface area contributed by atoms with Crippen molar-refractivity contribution >= 4 is 0 Å². The minimum Gasteiger partial charge on any atom is -0.495 e. The third kappa shape index (κ3) is 1.27. The molecule has 1 fully saturated rings. The van der Waals surface area contributed by atoms with Gasteiger partial charge in [-0.15, -0.1) is 0 Å². The molecule has 2 aliphatic rings. The van der Waals surface area contributed by atoms with Gasteiger partial charge in [0.25, 0.3) is 0 Å². The summed E-state index contributed by atoms with van der Waals surface area (Å²) >= 11 is 0. The van der Waals surface area contributed by atoms with Crippen molar-refractivity contribution in [2.75, 3.05) is 0 Å². The maximum atomic E-state index is 9.37. The number of aliphatic hydroxyl groups is 1. The Morgan fingerprint density at radius 3 is 2.73 bits per heavy atom. The van der Waals surface area contributed by atoms with E-state index in [1.807, 2.05) is 0 Å². The van der Waals surface area contributed by atoms with E-state index < -0.39 is 0 Å². The molecule has 1 saturated carbocycles. The van der Waals surface area contributed by atoms with Crippen LogP contribution in [0.5, 0.6) is 0 Å². The monoisotopic (exact) mass is 154 g/mol. The van der Waals surface area contributed by atoms with Gasteiger partial charge in [0.05, 0.1) is 12.4 Å². The SMILES string of the molecule is OC1C=COC2(CCCC2)C1. The second-order valence-corrected chi connectivity index (χ2v) is 3.61. The molecule has 0 aromatic rings. The molecule has 1 heterocycles. The zero-order chi connectivity index (χ0) is 7.73. The first-order chi connectivity index (χ1) is 5.31. The summed E-state index contributed by atoms with van der Waals surface area (Å²) in [6.07, 6.45) is 8.65. The molecule has 0 aromatic carbocycles. The Labute approximate surface area is 66.9 Å². The molecule has 2 rings (SSSR count). The molecule has 62 valence electrons. The summed E-state index contributed by atoms with van der Waals surface area (Å²) in [5, 5.41) is 9.37. The largest absolute Gasteiger partial charge is 0.495 e. The average Bonchev–Trinajstić information content (AvgIpc) is 2.37. The van der Waals surface area contributed by atoms with Gasteiger partial charge >= 0.3 is 0 Å². The molecule has 2 nitrogen and oxygen atoms in total. The number of aliphatic hydroxyl groups excluding tert-OH is 1. The molecule has 2 heteroatoms. The molecular formula is C9H14O2. The maximum Gasteiger partial charge on any atom is 0.111 e. The summed E-state index contributed by atoms with van der Waals surface area (Å²) in [6.45, 7) is 0. The molecule has 0 bridgehead atoms. The standard InChI is InChI=1S/C9H14O2/c10-8-3-6-11-9(7-8)4-1-2-5-9/h3,6,8,10H,1-2,4-5,7H2. The van der Waals surface area contributed by atoms with Crippen molar-refractivity contribution in [3.63, 3.8) is 0 Å². The fourth-order valence-electron chi connectivity index (χ4n) is 2.11. The van der Waals surface area contributed by atoms with Crippen LogP contribution < -0.4 is 0 Å². The zero-order valence-electron chi connectivity index (χ0n) is 6.62. The summed E-state index contributed by atoms with van der Waals surface area (Å²) in [6, 6.07) is 0. The normalized spacial score (nSPS) is 34.1. The summed E-state index contributed by atoms with van der Waals surface area (Å²) < 4.78 is 5.56. The molecule has 1 unspecified atom stereocenters. The molecule has 0 aromatic heterocycles. The van der Waals surface area contributed by atoms with Crippen LogP contribution in [0.1, 0.15) is 32.1 Å². The van der Waals surface area contributed by atoms with Crippen LogP contribution in [0.15, 0.2) is 12.3 Å². The van der Waals surface area contributed by atoms with Crippen LogP contribution in [0.4, 0.5) is 0 Å². The summed E-state index contributed by atoms with van der Waals surface area (Å²) in [7, 11) is 0. The van der Waals surface area contributed by atoms with Crippen molar-refractivity contribution in [3.8, 4) is 0 Å². The highest BCUT2D eigenvalue weighted by atomic mass is 16.5. The van der Waals surface area contributed by atoms with Crippen molar-refractivity contribution < 1.29 is 9.84 Å². The first-order valence-corrected chi connectivity index (χ1v) is 4.33. The second kappa shape index (κ2) is 2.52. The van der Waals surface area contributed by atoms with Gasteiger partial charge in [0.15, 0.2) is 0 Å². The Bertz CT molecular complexity index is 168. The molecule has 0 radical (unpaired) electrons. The van der Waals surface area contributed by atoms with E-state index in [1.165, 1.54) is 12.8 Å². The van der Waals surface area contributed by atoms with Crippen molar-refractivity contribution in [2.24, 2.45) is 0 Å². The van der Waals surface area contributed by atoms with Crippen molar-refractivity contribution in [1.82, 2.24) is 0 Å². The lowest BCUT2D eigenvalue weighted by atomic mass is 9.93. The fraction of sp³-hybridized carbons (Fsp3) is 0.778. The minimum absolute atomic E-state index is 0.00810. The summed E-state index contributed by atoms with van der Waals surface area (Å²) in [4.78, 5) is 0. The van der Waals surface area contributed by atoms with Crippen molar-refractivity contribution in [3.05, 3.63) is 12.3 Å². The van der Waals surface area contributed by atoms with Crippen LogP contribution in [0.3, 0.4) is 0 Å². The Morgan fingerprint density at radius 1 is 1.36 bits per heavy atom. The third-order valence-corrected chi connectivity index (χ3v) is 2.71. The lowest BCUT2D eigenvalue weighted by Crippen LogP contribution is -2.34. The smallest absolute Gasteiger partial charge is 0.111 e. The van der Waals surface area contributed by atoms with Crippen molar-refractivity contribution in [1.29, 1.82) is 0 Å². The number of hydrogen-bond acceptors (Lipinski definition) is 2. The Hall–Kier alpha value is -0.500. The van der Waals surface area contributed by atoms with Gasteiger partial charge in [-0.05, 0) is 31.8 Å². The van der Waals surface area contributed by atoms with Gasteiger partial charge in [-0.1, -0.05) is 0 Å². The van der Waals surface area contributed by atoms with Crippen molar-refractivity contribution in [2.45, 2.75) is 43.8 Å². The molecule has 1 atom stereocenters. The van der Waals surface area contributed by atoms with Gasteiger partial charge in [-0.25, -0.2) is 0 Å². The highest BCUT2D eigenvalue weighted by Gasteiger charge is 2.38. The fourth-order valence-corrected chi connectivity index (χ4v) is 2.11. The van der Waals surface area contributed by atoms with Crippen LogP contribution in [0, 0.1) is 0 Å². The van der Waals surface area contributed by atoms with Gasteiger partial charge in [-0.2, -0.15) is 0 Å². The van der Waals surface area contributed by atoms with E-state index in [2.05, 4.69) is 0 Å². The predicted octanol–water partition coefficient (Wildman–Crippen LogP) is 1.59. The van der Waals surface area contributed by atoms with E-state index in [-0.39, 0.29) is 11.7 Å². The second-order valence-electron chi connectivity index (χ2n) is 3.61. The maximum absolute atomic E-state index is 9.37. The molecule has 0 saturated heterocycles. The molecule has 1 N–H and O–H groups in total. The van der Waals surface area contributed by atoms with Crippen LogP contribution >= 0.6 is 0 Å². The van der Waals surface area contributed by atoms with Crippen LogP contribution in [-0.4, -0.2) is 16.8 Å². The van der Waals surface area contributed by atoms with Crippen LogP contribution in [0.2, 0.25) is 0 Å². The Balaban J connectivity index is 2.09. The van der Waals surface area contributed by atoms with Gasteiger partial charge in [0.2, 0.25) is 0 Å². The van der Waals surface area contributed by atoms with Crippen LogP contribution in [0.25, 0.3) is 0 Å². The predicted molar refractivity (Wildman–Crippen MR) is 42.0 cm³/mol. The molecule has 11 heavy (non-hydrogen) atoms. The lowest BCUT2D eigenvalue weighted by molar-refractivity contribution is -0.0245. The first-order valence-electron chi connectivity index (χ1n) is 4.33. The highest BCUT2D eigenvalue weighted by molar-refractivity contribution is 5.00. The third-order valence-electron chi connectivity index (χ3n) is 2.71. The summed E-state index contributed by atoms with van der Waals surface area (Å²) in [5.74, 6) is 0. The Kier molecular flexibility index (Phi) is 1.64. The molecule has 0 amide bonds. The molecule has 1 aliphatic heterocycles. The number of hydrogen-bond donors (Lipinski definition) is 1. The number of ether oxygens (including phenoxy) is 1. The number of rotatable bonds is 0.